The number of halogens is 2. The minimum Gasteiger partial charge on any atom is -0.316 e. The van der Waals surface area contributed by atoms with Gasteiger partial charge in [-0.25, -0.2) is 0 Å². The first-order valence-electron chi connectivity index (χ1n) is 5.42. The third kappa shape index (κ3) is 3.36. The summed E-state index contributed by atoms with van der Waals surface area (Å²) in [6.45, 7) is 3.26. The van der Waals surface area contributed by atoms with Crippen molar-refractivity contribution in [3.05, 3.63) is 34.9 Å². The van der Waals surface area contributed by atoms with Gasteiger partial charge in [-0.3, -0.25) is 4.90 Å². The standard InChI is InChI=1S/C12H17ClN2.ClH/c1-14-11-6-7-15(9-11)8-10-4-2-3-5-12(10)13;/h2-5,11,14H,6-9H2,1H3;1H. The van der Waals surface area contributed by atoms with Crippen LogP contribution in [0.4, 0.5) is 0 Å². The molecular weight excluding hydrogens is 243 g/mol. The van der Waals surface area contributed by atoms with Crippen molar-refractivity contribution < 1.29 is 0 Å². The van der Waals surface area contributed by atoms with E-state index in [1.807, 2.05) is 25.2 Å². The molecule has 0 bridgehead atoms. The number of benzene rings is 1. The molecule has 2 nitrogen and oxygen atoms in total. The van der Waals surface area contributed by atoms with Crippen LogP contribution in [-0.2, 0) is 6.54 Å². The first kappa shape index (κ1) is 13.8. The van der Waals surface area contributed by atoms with Gasteiger partial charge in [0, 0.05) is 30.7 Å². The zero-order chi connectivity index (χ0) is 10.7. The minimum absolute atomic E-state index is 0. The van der Waals surface area contributed by atoms with Crippen molar-refractivity contribution in [2.75, 3.05) is 20.1 Å². The second kappa shape index (κ2) is 6.45. The Morgan fingerprint density at radius 3 is 2.81 bits per heavy atom. The van der Waals surface area contributed by atoms with E-state index in [-0.39, 0.29) is 12.4 Å². The van der Waals surface area contributed by atoms with E-state index in [2.05, 4.69) is 16.3 Å². The number of nitrogens with zero attached hydrogens (tertiary/aromatic N) is 1. The number of nitrogens with one attached hydrogen (secondary N) is 1. The van der Waals surface area contributed by atoms with Gasteiger partial charge in [-0.15, -0.1) is 12.4 Å². The van der Waals surface area contributed by atoms with E-state index in [1.165, 1.54) is 12.0 Å². The van der Waals surface area contributed by atoms with E-state index in [1.54, 1.807) is 0 Å². The van der Waals surface area contributed by atoms with Crippen molar-refractivity contribution in [3.8, 4) is 0 Å². The summed E-state index contributed by atoms with van der Waals surface area (Å²) in [5.41, 5.74) is 1.23. The average molecular weight is 261 g/mol. The molecule has 1 aromatic carbocycles. The highest BCUT2D eigenvalue weighted by Crippen LogP contribution is 2.19. The number of hydrogen-bond donors (Lipinski definition) is 1. The van der Waals surface area contributed by atoms with Crippen molar-refractivity contribution in [2.45, 2.75) is 19.0 Å². The van der Waals surface area contributed by atoms with Crippen molar-refractivity contribution in [1.82, 2.24) is 10.2 Å². The first-order chi connectivity index (χ1) is 7.29. The molecule has 1 unspecified atom stereocenters. The highest BCUT2D eigenvalue weighted by atomic mass is 35.5. The van der Waals surface area contributed by atoms with Gasteiger partial charge in [-0.2, -0.15) is 0 Å². The van der Waals surface area contributed by atoms with Crippen molar-refractivity contribution in [2.24, 2.45) is 0 Å². The Hall–Kier alpha value is -0.280. The molecule has 0 aliphatic carbocycles. The molecular formula is C12H18Cl2N2. The summed E-state index contributed by atoms with van der Waals surface area (Å²) in [6, 6.07) is 8.74. The van der Waals surface area contributed by atoms with Crippen LogP contribution in [0.15, 0.2) is 24.3 Å². The van der Waals surface area contributed by atoms with E-state index in [0.717, 1.165) is 24.7 Å². The van der Waals surface area contributed by atoms with Gasteiger partial charge in [0.1, 0.15) is 0 Å². The molecule has 1 aromatic rings. The van der Waals surface area contributed by atoms with Crippen LogP contribution in [0.1, 0.15) is 12.0 Å². The summed E-state index contributed by atoms with van der Waals surface area (Å²) in [4.78, 5) is 2.45. The van der Waals surface area contributed by atoms with Gasteiger partial charge in [0.2, 0.25) is 0 Å². The fourth-order valence-electron chi connectivity index (χ4n) is 2.08. The lowest BCUT2D eigenvalue weighted by Gasteiger charge is -2.16. The van der Waals surface area contributed by atoms with Gasteiger partial charge in [-0.05, 0) is 25.1 Å². The van der Waals surface area contributed by atoms with Crippen LogP contribution in [0.25, 0.3) is 0 Å². The lowest BCUT2D eigenvalue weighted by atomic mass is 10.2. The summed E-state index contributed by atoms with van der Waals surface area (Å²) in [7, 11) is 2.03. The second-order valence-corrected chi connectivity index (χ2v) is 4.51. The number of likely N-dealkylation sites (N-methyl/N-ethyl adjacent to an activating group) is 1. The van der Waals surface area contributed by atoms with Gasteiger partial charge >= 0.3 is 0 Å². The maximum absolute atomic E-state index is 6.13. The lowest BCUT2D eigenvalue weighted by molar-refractivity contribution is 0.322. The lowest BCUT2D eigenvalue weighted by Crippen LogP contribution is -2.29. The van der Waals surface area contributed by atoms with Gasteiger partial charge in [0.25, 0.3) is 0 Å². The Morgan fingerprint density at radius 1 is 1.44 bits per heavy atom. The molecule has 1 N–H and O–H groups in total. The predicted molar refractivity (Wildman–Crippen MR) is 71.4 cm³/mol. The van der Waals surface area contributed by atoms with Gasteiger partial charge in [0.15, 0.2) is 0 Å². The fraction of sp³-hybridized carbons (Fsp3) is 0.500. The molecule has 0 saturated carbocycles. The van der Waals surface area contributed by atoms with E-state index in [4.69, 9.17) is 11.6 Å². The molecule has 4 heteroatoms. The van der Waals surface area contributed by atoms with Crippen LogP contribution in [0, 0.1) is 0 Å². The Kier molecular flexibility index (Phi) is 5.56. The fourth-order valence-corrected chi connectivity index (χ4v) is 2.27. The molecule has 2 rings (SSSR count). The van der Waals surface area contributed by atoms with Crippen LogP contribution in [-0.4, -0.2) is 31.1 Å². The Balaban J connectivity index is 0.00000128. The SMILES string of the molecule is CNC1CCN(Cc2ccccc2Cl)C1.Cl. The van der Waals surface area contributed by atoms with E-state index in [0.29, 0.717) is 6.04 Å². The Bertz CT molecular complexity index is 331. The molecule has 0 aromatic heterocycles. The Labute approximate surface area is 108 Å². The first-order valence-corrected chi connectivity index (χ1v) is 5.80. The summed E-state index contributed by atoms with van der Waals surface area (Å²) >= 11 is 6.13. The Morgan fingerprint density at radius 2 is 2.19 bits per heavy atom. The summed E-state index contributed by atoms with van der Waals surface area (Å²) < 4.78 is 0. The van der Waals surface area contributed by atoms with Crippen molar-refractivity contribution in [3.63, 3.8) is 0 Å². The third-order valence-electron chi connectivity index (χ3n) is 3.03. The van der Waals surface area contributed by atoms with E-state index in [9.17, 15) is 0 Å². The molecule has 0 spiro atoms. The maximum Gasteiger partial charge on any atom is 0.0451 e. The van der Waals surface area contributed by atoms with Crippen molar-refractivity contribution in [1.29, 1.82) is 0 Å². The third-order valence-corrected chi connectivity index (χ3v) is 3.40. The topological polar surface area (TPSA) is 15.3 Å². The number of hydrogen-bond acceptors (Lipinski definition) is 2. The summed E-state index contributed by atoms with van der Waals surface area (Å²) in [5, 5.41) is 4.20. The van der Waals surface area contributed by atoms with Gasteiger partial charge < -0.3 is 5.32 Å². The summed E-state index contributed by atoms with van der Waals surface area (Å²) in [5.74, 6) is 0. The smallest absolute Gasteiger partial charge is 0.0451 e. The number of rotatable bonds is 3. The highest BCUT2D eigenvalue weighted by Gasteiger charge is 2.20. The molecule has 16 heavy (non-hydrogen) atoms. The normalized spacial score (nSPS) is 20.8. The summed E-state index contributed by atoms with van der Waals surface area (Å²) in [6.07, 6.45) is 1.24. The van der Waals surface area contributed by atoms with Crippen LogP contribution in [0.5, 0.6) is 0 Å². The molecule has 1 heterocycles. The van der Waals surface area contributed by atoms with Crippen molar-refractivity contribution >= 4 is 24.0 Å². The molecule has 0 amide bonds. The highest BCUT2D eigenvalue weighted by molar-refractivity contribution is 6.31. The molecule has 1 atom stereocenters. The largest absolute Gasteiger partial charge is 0.316 e. The van der Waals surface area contributed by atoms with E-state index >= 15 is 0 Å². The van der Waals surface area contributed by atoms with Crippen LogP contribution in [0.3, 0.4) is 0 Å². The van der Waals surface area contributed by atoms with Crippen LogP contribution >= 0.6 is 24.0 Å². The molecule has 90 valence electrons. The maximum atomic E-state index is 6.13. The molecule has 1 saturated heterocycles. The zero-order valence-corrected chi connectivity index (χ0v) is 11.0. The molecule has 0 radical (unpaired) electrons. The quantitative estimate of drug-likeness (QED) is 0.899. The van der Waals surface area contributed by atoms with Gasteiger partial charge in [-0.1, -0.05) is 29.8 Å². The molecule has 1 fully saturated rings. The monoisotopic (exact) mass is 260 g/mol. The zero-order valence-electron chi connectivity index (χ0n) is 9.45. The van der Waals surface area contributed by atoms with Crippen LogP contribution < -0.4 is 5.32 Å². The molecule has 1 aliphatic heterocycles. The predicted octanol–water partition coefficient (Wildman–Crippen LogP) is 2.56. The molecule has 1 aliphatic rings. The second-order valence-electron chi connectivity index (χ2n) is 4.10. The van der Waals surface area contributed by atoms with Crippen LogP contribution in [0.2, 0.25) is 5.02 Å². The minimum atomic E-state index is 0. The average Bonchev–Trinajstić information content (AvgIpc) is 2.69. The van der Waals surface area contributed by atoms with E-state index < -0.39 is 0 Å². The van der Waals surface area contributed by atoms with Gasteiger partial charge in [0.05, 0.1) is 0 Å². The number of likely N-dealkylation sites (tertiary alicyclic amines) is 1.